The molecule has 0 radical (unpaired) electrons. The van der Waals surface area contributed by atoms with Gasteiger partial charge in [-0.1, -0.05) is 473 Å². The van der Waals surface area contributed by atoms with Crippen molar-refractivity contribution in [1.82, 2.24) is 10.6 Å². The van der Waals surface area contributed by atoms with Crippen molar-refractivity contribution >= 4 is 165 Å². The van der Waals surface area contributed by atoms with Crippen LogP contribution in [-0.2, 0) is 39.0 Å². The van der Waals surface area contributed by atoms with Crippen LogP contribution in [-0.4, -0.2) is 87.3 Å². The van der Waals surface area contributed by atoms with Crippen LogP contribution in [0.3, 0.4) is 0 Å². The molecule has 7 atom stereocenters. The van der Waals surface area contributed by atoms with Gasteiger partial charge in [0, 0.05) is 32.0 Å². The standard InChI is InChI=1S/C31H44ClNO2Si.C30H43ClN2O2Si.C24H30ClIOSi.C16H20ClIO2.C7H15NO.CH5N/c1-24(32)21-22-26(16-15-23-33-29(34)25(2)30(3,4)5)35-36(31(6,7)8,27-17-11-9-12-18-27)28-19-13-10-14-20-28;1-23(31)20-21-24(15-14-22-33-28(34)27(32)29(2,3)4)35-36(30(5,6)7,25-16-10-8-11-17-25)26-18-12-9-13-19-26;1-20(25)17-18-21(12-11-19-26)27-28(24(2,3)4,22-13-7-5-8-14-22)23-15-9-6-10-16-23;1-13(17)5-8-16(4-3-11-18)20-12-14-6-9-15(19-2)10-7-14;1-5(6(8)9)7(2,3)4;1-2/h9-15,17-21,23,25-26H,16,22H2,1-8H3,(H,33,34);8-14,16-20,22,24,27H,15,21,32H2,1-7H3,(H,33,34);5-11,13-17,19,21H,12,18H2,1-4H3;3,5-7,9-11,16H,4,8,12H2,1-2H3;5H,1-4H3,(H2,8,9);2H2,1H3/b23-15-,24-21+;22-14-,23-20+;19-11-,20-17+;11-3-,13-5+;;/t25-,26-;24-,27-;21-;16-;5-;/m11111./s1. The first kappa shape index (κ1) is 121. The molecule has 0 heterocycles. The summed E-state index contributed by atoms with van der Waals surface area (Å²) in [6, 6.07) is 71.4. The summed E-state index contributed by atoms with van der Waals surface area (Å²) in [5.74, 6) is 0.339. The minimum Gasteiger partial charge on any atom is -0.497 e. The minimum absolute atomic E-state index is 0.00579. The van der Waals surface area contributed by atoms with E-state index in [9.17, 15) is 14.4 Å². The molecule has 0 aromatic heterocycles. The molecular weight excluding hydrogens is 1990 g/mol. The molecule has 131 heavy (non-hydrogen) atoms. The lowest BCUT2D eigenvalue weighted by atomic mass is 9.81. The van der Waals surface area contributed by atoms with Gasteiger partial charge in [-0.05, 0) is 187 Å². The van der Waals surface area contributed by atoms with E-state index in [4.69, 9.17) is 80.6 Å². The number of carbonyl (C=O) groups excluding carboxylic acids is 3. The van der Waals surface area contributed by atoms with Crippen molar-refractivity contribution in [1.29, 1.82) is 0 Å². The van der Waals surface area contributed by atoms with Crippen LogP contribution in [0.1, 0.15) is 223 Å². The van der Waals surface area contributed by atoms with Crippen LogP contribution < -0.4 is 63.7 Å². The van der Waals surface area contributed by atoms with Gasteiger partial charge in [0.15, 0.2) is 0 Å². The average molecular weight is 2150 g/mol. The van der Waals surface area contributed by atoms with Gasteiger partial charge in [0.25, 0.3) is 25.0 Å². The number of amides is 3. The molecule has 7 rings (SSSR count). The van der Waals surface area contributed by atoms with E-state index in [0.29, 0.717) is 32.3 Å². The molecular formula is C109H157Cl4I2N5O8Si3. The van der Waals surface area contributed by atoms with Gasteiger partial charge in [0.2, 0.25) is 17.7 Å². The Morgan fingerprint density at radius 2 is 0.626 bits per heavy atom. The Balaban J connectivity index is 0.000000578. The number of allylic oxidation sites excluding steroid dienone is 4. The molecule has 0 fully saturated rings. The quantitative estimate of drug-likeness (QED) is 0.0184. The first-order valence-electron chi connectivity index (χ1n) is 45.3. The monoisotopic (exact) mass is 2140 g/mol. The predicted molar refractivity (Wildman–Crippen MR) is 589 cm³/mol. The molecule has 0 saturated carbocycles. The highest BCUT2D eigenvalue weighted by molar-refractivity contribution is 14.1. The van der Waals surface area contributed by atoms with Gasteiger partial charge < -0.3 is 50.6 Å². The zero-order valence-electron chi connectivity index (χ0n) is 83.2. The summed E-state index contributed by atoms with van der Waals surface area (Å²) in [6.45, 7) is 50.7. The number of carbonyl (C=O) groups is 3. The van der Waals surface area contributed by atoms with Crippen molar-refractivity contribution < 1.29 is 37.1 Å². The third-order valence-electron chi connectivity index (χ3n) is 22.7. The molecule has 22 heteroatoms. The van der Waals surface area contributed by atoms with Crippen LogP contribution >= 0.6 is 91.6 Å². The second-order valence-electron chi connectivity index (χ2n) is 39.0. The summed E-state index contributed by atoms with van der Waals surface area (Å²) in [5.41, 5.74) is 16.4. The Morgan fingerprint density at radius 1 is 0.374 bits per heavy atom. The zero-order chi connectivity index (χ0) is 99.0. The maximum atomic E-state index is 12.6. The van der Waals surface area contributed by atoms with E-state index in [-0.39, 0.29) is 85.3 Å². The summed E-state index contributed by atoms with van der Waals surface area (Å²) in [6.07, 6.45) is 25.8. The average Bonchev–Trinajstić information content (AvgIpc) is 0.753. The molecule has 0 saturated heterocycles. The van der Waals surface area contributed by atoms with Crippen LogP contribution in [0.5, 0.6) is 5.75 Å². The summed E-state index contributed by atoms with van der Waals surface area (Å²) in [5, 5.41) is 16.2. The van der Waals surface area contributed by atoms with Crippen LogP contribution in [0.15, 0.2) is 296 Å². The number of methoxy groups -OCH3 is 1. The topological polar surface area (TPSA) is 199 Å². The third kappa shape index (κ3) is 42.1. The van der Waals surface area contributed by atoms with Crippen molar-refractivity contribution in [2.45, 2.75) is 270 Å². The van der Waals surface area contributed by atoms with E-state index in [1.807, 2.05) is 154 Å². The van der Waals surface area contributed by atoms with E-state index in [1.165, 1.54) is 38.2 Å². The summed E-state index contributed by atoms with van der Waals surface area (Å²) >= 11 is 29.0. The van der Waals surface area contributed by atoms with Crippen molar-refractivity contribution in [3.05, 3.63) is 301 Å². The fourth-order valence-corrected chi connectivity index (χ4v) is 29.4. The Bertz CT molecular complexity index is 4360. The minimum atomic E-state index is -2.72. The van der Waals surface area contributed by atoms with E-state index >= 15 is 0 Å². The fraction of sp³-hybridized carbons (Fsp3) is 0.440. The number of rotatable bonds is 37. The number of hydrogen-bond acceptors (Lipinski definition) is 10. The molecule has 0 aliphatic heterocycles. The lowest BCUT2D eigenvalue weighted by Gasteiger charge is -2.45. The largest absolute Gasteiger partial charge is 0.497 e. The number of hydrogen-bond donors (Lipinski definition) is 5. The first-order chi connectivity index (χ1) is 61.4. The van der Waals surface area contributed by atoms with Crippen LogP contribution in [0, 0.1) is 28.1 Å². The molecule has 8 N–H and O–H groups in total. The van der Waals surface area contributed by atoms with E-state index in [0.717, 1.165) is 57.1 Å². The fourth-order valence-electron chi connectivity index (χ4n) is 14.3. The summed E-state index contributed by atoms with van der Waals surface area (Å²) in [7, 11) is -4.80. The molecule has 0 bridgehead atoms. The van der Waals surface area contributed by atoms with Gasteiger partial charge in [-0.25, -0.2) is 0 Å². The van der Waals surface area contributed by atoms with Crippen molar-refractivity contribution in [3.63, 3.8) is 0 Å². The lowest BCUT2D eigenvalue weighted by molar-refractivity contribution is -0.126. The maximum Gasteiger partial charge on any atom is 0.261 e. The van der Waals surface area contributed by atoms with Crippen molar-refractivity contribution in [2.75, 3.05) is 14.2 Å². The van der Waals surface area contributed by atoms with Gasteiger partial charge in [-0.2, -0.15) is 0 Å². The number of ether oxygens (including phenoxy) is 2. The van der Waals surface area contributed by atoms with E-state index in [2.05, 4.69) is 337 Å². The van der Waals surface area contributed by atoms with Gasteiger partial charge in [0.05, 0.1) is 44.2 Å². The van der Waals surface area contributed by atoms with Crippen LogP contribution in [0.2, 0.25) is 15.1 Å². The molecule has 0 aliphatic carbocycles. The molecule has 720 valence electrons. The molecule has 0 aliphatic rings. The Hall–Kier alpha value is -6.30. The summed E-state index contributed by atoms with van der Waals surface area (Å²) in [4.78, 5) is 35.6. The van der Waals surface area contributed by atoms with E-state index in [1.54, 1.807) is 19.5 Å². The number of primary amides is 1. The highest BCUT2D eigenvalue weighted by Crippen LogP contribution is 2.42. The molecule has 0 spiro atoms. The molecule has 0 unspecified atom stereocenters. The normalized spacial score (nSPS) is 14.5. The lowest BCUT2D eigenvalue weighted by Crippen LogP contribution is -2.67. The number of halogens is 6. The second-order valence-corrected chi connectivity index (χ2v) is 55.6. The maximum absolute atomic E-state index is 12.6. The smallest absolute Gasteiger partial charge is 0.261 e. The first-order valence-corrected chi connectivity index (χ1v) is 55.1. The number of nitrogens with two attached hydrogens (primary N) is 3. The molecule has 13 nitrogen and oxygen atoms in total. The Labute approximate surface area is 841 Å². The highest BCUT2D eigenvalue weighted by atomic mass is 127. The third-order valence-corrected chi connectivity index (χ3v) is 39.6. The molecule has 7 aromatic carbocycles. The van der Waals surface area contributed by atoms with Crippen molar-refractivity contribution in [2.24, 2.45) is 45.3 Å². The SMILES string of the molecule is C/C(Cl)=C\C[C@@H](C/C=C\I)O[Si](c1ccccc1)(c1ccccc1)C(C)(C)C.C/C(Cl)=C\C[C@@H](C/C=C\NC(=O)[C@@H](C)C(C)(C)C)O[Si](c1ccccc1)(c1ccccc1)C(C)(C)C.C/C(Cl)=C\C[C@@H](C/C=C\NC(=O)[C@@H](N)C(C)(C)C)O[Si](c1ccccc1)(c1ccccc1)C(C)(C)C.CN.COc1ccc(CO[C@H](C/C=C\I)C/C=C(\C)Cl)cc1.C[C@H](C(N)=O)C(C)(C)C. The second kappa shape index (κ2) is 60.3. The Kier molecular flexibility index (Phi) is 55.6. The van der Waals surface area contributed by atoms with Crippen molar-refractivity contribution in [3.8, 4) is 5.75 Å². The number of nitrogens with one attached hydrogen (secondary N) is 2. The Morgan fingerprint density at radius 3 is 0.847 bits per heavy atom. The summed E-state index contributed by atoms with van der Waals surface area (Å²) < 4.78 is 37.0. The van der Waals surface area contributed by atoms with Gasteiger partial charge in [-0.3, -0.25) is 14.4 Å². The molecule has 3 amide bonds. The zero-order valence-corrected chi connectivity index (χ0v) is 93.6. The van der Waals surface area contributed by atoms with Gasteiger partial charge in [0.1, 0.15) is 5.75 Å². The van der Waals surface area contributed by atoms with Gasteiger partial charge >= 0.3 is 0 Å². The number of benzene rings is 7. The predicted octanol–water partition coefficient (Wildman–Crippen LogP) is 26.0. The van der Waals surface area contributed by atoms with Gasteiger partial charge in [-0.15, -0.1) is 0 Å². The van der Waals surface area contributed by atoms with Crippen LogP contribution in [0.25, 0.3) is 0 Å². The molecule has 7 aromatic rings. The van der Waals surface area contributed by atoms with Crippen LogP contribution in [0.4, 0.5) is 0 Å². The van der Waals surface area contributed by atoms with E-state index < -0.39 is 31.0 Å². The highest BCUT2D eigenvalue weighted by Gasteiger charge is 2.54.